The largest absolute Gasteiger partial charge is 0.465 e. The monoisotopic (exact) mass is 273 g/mol. The van der Waals surface area contributed by atoms with Crippen molar-refractivity contribution in [2.24, 2.45) is 0 Å². The van der Waals surface area contributed by atoms with Crippen molar-refractivity contribution in [3.8, 4) is 0 Å². The highest BCUT2D eigenvalue weighted by Gasteiger charge is 2.17. The Bertz CT molecular complexity index is 252. The lowest BCUT2D eigenvalue weighted by molar-refractivity contribution is -0.165. The highest BCUT2D eigenvalue weighted by atomic mass is 16.7. The summed E-state index contributed by atoms with van der Waals surface area (Å²) in [4.78, 5) is 13.5. The summed E-state index contributed by atoms with van der Waals surface area (Å²) in [5.74, 6) is -0.176. The average Bonchev–Trinajstić information content (AvgIpc) is 2.39. The van der Waals surface area contributed by atoms with Crippen molar-refractivity contribution in [3.63, 3.8) is 0 Å². The molecule has 1 saturated heterocycles. The smallest absolute Gasteiger partial charge is 0.320 e. The van der Waals surface area contributed by atoms with Crippen molar-refractivity contribution in [3.05, 3.63) is 0 Å². The van der Waals surface area contributed by atoms with Gasteiger partial charge in [0.2, 0.25) is 0 Å². The van der Waals surface area contributed by atoms with Gasteiger partial charge >= 0.3 is 5.97 Å². The standard InChI is InChI=1S/C14H27NO4/c1-4-17-13(16)11-15(12(2)3)8-10-19-14-7-5-6-9-18-14/h12,14H,4-11H2,1-3H3. The molecule has 0 amide bonds. The Hall–Kier alpha value is -0.650. The van der Waals surface area contributed by atoms with Gasteiger partial charge in [0.25, 0.3) is 0 Å². The first-order valence-electron chi connectivity index (χ1n) is 7.26. The summed E-state index contributed by atoms with van der Waals surface area (Å²) in [6.45, 7) is 8.80. The number of hydrogen-bond donors (Lipinski definition) is 0. The van der Waals surface area contributed by atoms with E-state index in [0.717, 1.165) is 26.0 Å². The highest BCUT2D eigenvalue weighted by Crippen LogP contribution is 2.13. The van der Waals surface area contributed by atoms with E-state index in [1.165, 1.54) is 6.42 Å². The first kappa shape index (κ1) is 16.4. The molecule has 0 aromatic rings. The molecule has 1 fully saturated rings. The molecular weight excluding hydrogens is 246 g/mol. The SMILES string of the molecule is CCOC(=O)CN(CCOC1CCCCO1)C(C)C. The van der Waals surface area contributed by atoms with E-state index < -0.39 is 0 Å². The van der Waals surface area contributed by atoms with E-state index in [9.17, 15) is 4.79 Å². The number of carbonyl (C=O) groups is 1. The van der Waals surface area contributed by atoms with Crippen LogP contribution in [-0.4, -0.2) is 56.1 Å². The lowest BCUT2D eigenvalue weighted by atomic mass is 10.2. The van der Waals surface area contributed by atoms with Crippen LogP contribution in [-0.2, 0) is 19.0 Å². The molecule has 1 aliphatic rings. The maximum absolute atomic E-state index is 11.5. The van der Waals surface area contributed by atoms with Gasteiger partial charge in [0.05, 0.1) is 19.8 Å². The summed E-state index contributed by atoms with van der Waals surface area (Å²) in [6.07, 6.45) is 3.20. The Morgan fingerprint density at radius 1 is 1.42 bits per heavy atom. The molecule has 0 aliphatic carbocycles. The molecule has 1 unspecified atom stereocenters. The van der Waals surface area contributed by atoms with Crippen molar-refractivity contribution in [2.75, 3.05) is 32.9 Å². The third-order valence-corrected chi connectivity index (χ3v) is 3.19. The fourth-order valence-electron chi connectivity index (χ4n) is 2.04. The van der Waals surface area contributed by atoms with Gasteiger partial charge in [-0.05, 0) is 40.0 Å². The van der Waals surface area contributed by atoms with Gasteiger partial charge in [-0.2, -0.15) is 0 Å². The average molecular weight is 273 g/mol. The molecule has 0 aromatic heterocycles. The van der Waals surface area contributed by atoms with Crippen LogP contribution in [0.4, 0.5) is 0 Å². The minimum absolute atomic E-state index is 0.0645. The van der Waals surface area contributed by atoms with Crippen molar-refractivity contribution >= 4 is 5.97 Å². The summed E-state index contributed by atoms with van der Waals surface area (Å²) < 4.78 is 16.2. The molecule has 1 rings (SSSR count). The van der Waals surface area contributed by atoms with Crippen LogP contribution in [0, 0.1) is 0 Å². The van der Waals surface area contributed by atoms with Crippen molar-refractivity contribution < 1.29 is 19.0 Å². The third kappa shape index (κ3) is 6.89. The fraction of sp³-hybridized carbons (Fsp3) is 0.929. The van der Waals surface area contributed by atoms with Crippen molar-refractivity contribution in [1.29, 1.82) is 0 Å². The maximum Gasteiger partial charge on any atom is 0.320 e. The van der Waals surface area contributed by atoms with E-state index in [1.54, 1.807) is 0 Å². The summed E-state index contributed by atoms with van der Waals surface area (Å²) in [5.41, 5.74) is 0. The Morgan fingerprint density at radius 3 is 2.79 bits per heavy atom. The molecule has 0 N–H and O–H groups in total. The predicted molar refractivity (Wildman–Crippen MR) is 72.9 cm³/mol. The van der Waals surface area contributed by atoms with Gasteiger partial charge < -0.3 is 14.2 Å². The minimum atomic E-state index is -0.176. The van der Waals surface area contributed by atoms with Gasteiger partial charge in [0.15, 0.2) is 6.29 Å². The molecule has 5 nitrogen and oxygen atoms in total. The predicted octanol–water partition coefficient (Wildman–Crippen LogP) is 1.80. The first-order valence-corrected chi connectivity index (χ1v) is 7.26. The summed E-state index contributed by atoms with van der Waals surface area (Å²) in [6, 6.07) is 0.292. The number of ether oxygens (including phenoxy) is 3. The molecular formula is C14H27NO4. The van der Waals surface area contributed by atoms with Crippen LogP contribution in [0.3, 0.4) is 0 Å². The number of nitrogens with zero attached hydrogens (tertiary/aromatic N) is 1. The quantitative estimate of drug-likeness (QED) is 0.631. The molecule has 5 heteroatoms. The number of esters is 1. The van der Waals surface area contributed by atoms with Crippen LogP contribution < -0.4 is 0 Å². The normalized spacial score (nSPS) is 19.9. The fourth-order valence-corrected chi connectivity index (χ4v) is 2.04. The van der Waals surface area contributed by atoms with Gasteiger partial charge in [-0.25, -0.2) is 0 Å². The van der Waals surface area contributed by atoms with E-state index in [4.69, 9.17) is 14.2 Å². The second-order valence-electron chi connectivity index (χ2n) is 5.04. The van der Waals surface area contributed by atoms with Gasteiger partial charge in [0.1, 0.15) is 0 Å². The van der Waals surface area contributed by atoms with E-state index in [-0.39, 0.29) is 12.3 Å². The van der Waals surface area contributed by atoms with Crippen LogP contribution in [0.25, 0.3) is 0 Å². The lowest BCUT2D eigenvalue weighted by Gasteiger charge is -2.27. The molecule has 1 heterocycles. The van der Waals surface area contributed by atoms with E-state index in [1.807, 2.05) is 6.92 Å². The Kier molecular flexibility index (Phi) is 8.02. The Labute approximate surface area is 116 Å². The van der Waals surface area contributed by atoms with Gasteiger partial charge in [-0.3, -0.25) is 9.69 Å². The van der Waals surface area contributed by atoms with Crippen LogP contribution in [0.15, 0.2) is 0 Å². The van der Waals surface area contributed by atoms with Crippen LogP contribution in [0.1, 0.15) is 40.0 Å². The maximum atomic E-state index is 11.5. The first-order chi connectivity index (χ1) is 9.13. The van der Waals surface area contributed by atoms with E-state index in [2.05, 4.69) is 18.7 Å². The molecule has 1 aliphatic heterocycles. The third-order valence-electron chi connectivity index (χ3n) is 3.19. The van der Waals surface area contributed by atoms with E-state index in [0.29, 0.717) is 25.8 Å². The molecule has 0 aromatic carbocycles. The lowest BCUT2D eigenvalue weighted by Crippen LogP contribution is -2.39. The van der Waals surface area contributed by atoms with Crippen LogP contribution >= 0.6 is 0 Å². The number of carbonyl (C=O) groups excluding carboxylic acids is 1. The number of hydrogen-bond acceptors (Lipinski definition) is 5. The molecule has 0 bridgehead atoms. The van der Waals surface area contributed by atoms with Gasteiger partial charge in [0, 0.05) is 19.2 Å². The second kappa shape index (κ2) is 9.28. The molecule has 0 radical (unpaired) electrons. The van der Waals surface area contributed by atoms with Crippen LogP contribution in [0.5, 0.6) is 0 Å². The summed E-state index contributed by atoms with van der Waals surface area (Å²) in [7, 11) is 0. The van der Waals surface area contributed by atoms with Crippen LogP contribution in [0.2, 0.25) is 0 Å². The summed E-state index contributed by atoms with van der Waals surface area (Å²) >= 11 is 0. The van der Waals surface area contributed by atoms with E-state index >= 15 is 0 Å². The molecule has 0 spiro atoms. The molecule has 0 saturated carbocycles. The van der Waals surface area contributed by atoms with Crippen molar-refractivity contribution in [2.45, 2.75) is 52.4 Å². The van der Waals surface area contributed by atoms with Gasteiger partial charge in [-0.15, -0.1) is 0 Å². The summed E-state index contributed by atoms with van der Waals surface area (Å²) in [5, 5.41) is 0. The zero-order chi connectivity index (χ0) is 14.1. The highest BCUT2D eigenvalue weighted by molar-refractivity contribution is 5.71. The van der Waals surface area contributed by atoms with Crippen molar-refractivity contribution in [1.82, 2.24) is 4.90 Å². The zero-order valence-electron chi connectivity index (χ0n) is 12.4. The zero-order valence-corrected chi connectivity index (χ0v) is 12.4. The van der Waals surface area contributed by atoms with Gasteiger partial charge in [-0.1, -0.05) is 0 Å². The number of rotatable bonds is 8. The molecule has 112 valence electrons. The Morgan fingerprint density at radius 2 is 2.21 bits per heavy atom. The Balaban J connectivity index is 2.22. The topological polar surface area (TPSA) is 48.0 Å². The molecule has 1 atom stereocenters. The molecule has 19 heavy (non-hydrogen) atoms. The second-order valence-corrected chi connectivity index (χ2v) is 5.04. The minimum Gasteiger partial charge on any atom is -0.465 e.